The molecule has 0 fully saturated rings. The lowest BCUT2D eigenvalue weighted by Gasteiger charge is -2.21. The second kappa shape index (κ2) is 7.68. The molecule has 0 aliphatic rings. The molecule has 0 radical (unpaired) electrons. The van der Waals surface area contributed by atoms with Crippen molar-refractivity contribution in [1.82, 2.24) is 0 Å². The highest BCUT2D eigenvalue weighted by Crippen LogP contribution is 2.26. The molecule has 0 heterocycles. The Morgan fingerprint density at radius 1 is 1.18 bits per heavy atom. The number of carboxylic acids is 2. The lowest BCUT2D eigenvalue weighted by atomic mass is 9.83. The van der Waals surface area contributed by atoms with Crippen LogP contribution < -0.4 is 0 Å². The van der Waals surface area contributed by atoms with Crippen LogP contribution >= 0.6 is 12.6 Å². The molecular weight excluding hydrogens is 300 g/mol. The number of carbonyl (C=O) groups is 2. The average Bonchev–Trinajstić information content (AvgIpc) is 2.41. The van der Waals surface area contributed by atoms with Crippen LogP contribution in [-0.4, -0.2) is 27.9 Å². The van der Waals surface area contributed by atoms with E-state index in [1.165, 1.54) is 0 Å². The topological polar surface area (TPSA) is 74.6 Å². The predicted molar refractivity (Wildman–Crippen MR) is 90.0 cm³/mol. The summed E-state index contributed by atoms with van der Waals surface area (Å²) in [6, 6.07) is 5.16. The van der Waals surface area contributed by atoms with Crippen molar-refractivity contribution in [3.8, 4) is 0 Å². The quantitative estimate of drug-likeness (QED) is 0.670. The lowest BCUT2D eigenvalue weighted by molar-refractivity contribution is -0.141. The summed E-state index contributed by atoms with van der Waals surface area (Å²) in [5.74, 6) is -1.70. The van der Waals surface area contributed by atoms with Crippen LogP contribution in [-0.2, 0) is 16.6 Å². The number of benzene rings is 1. The number of hydrogen-bond donors (Lipinski definition) is 3. The molecule has 1 rings (SSSR count). The van der Waals surface area contributed by atoms with Gasteiger partial charge < -0.3 is 10.2 Å². The third-order valence-corrected chi connectivity index (χ3v) is 3.96. The molecule has 0 saturated carbocycles. The maximum absolute atomic E-state index is 11.4. The van der Waals surface area contributed by atoms with E-state index in [-0.39, 0.29) is 11.0 Å². The maximum Gasteiger partial charge on any atom is 0.335 e. The maximum atomic E-state index is 11.4. The highest BCUT2D eigenvalue weighted by molar-refractivity contribution is 7.80. The lowest BCUT2D eigenvalue weighted by Crippen LogP contribution is -2.18. The largest absolute Gasteiger partial charge is 0.481 e. The molecule has 1 aromatic carbocycles. The van der Waals surface area contributed by atoms with Crippen LogP contribution in [0, 0.1) is 5.92 Å². The molecule has 4 nitrogen and oxygen atoms in total. The van der Waals surface area contributed by atoms with Gasteiger partial charge in [-0.15, -0.1) is 0 Å². The average molecular weight is 324 g/mol. The van der Waals surface area contributed by atoms with Crippen molar-refractivity contribution in [3.05, 3.63) is 34.9 Å². The Labute approximate surface area is 137 Å². The van der Waals surface area contributed by atoms with E-state index < -0.39 is 17.9 Å². The zero-order valence-corrected chi connectivity index (χ0v) is 14.2. The molecule has 122 valence electrons. The van der Waals surface area contributed by atoms with Crippen LogP contribution in [0.5, 0.6) is 0 Å². The molecule has 1 aromatic rings. The summed E-state index contributed by atoms with van der Waals surface area (Å²) in [7, 11) is 0. The molecule has 0 bridgehead atoms. The molecule has 2 N–H and O–H groups in total. The van der Waals surface area contributed by atoms with E-state index >= 15 is 0 Å². The Morgan fingerprint density at radius 3 is 2.27 bits per heavy atom. The summed E-state index contributed by atoms with van der Waals surface area (Å²) in [4.78, 5) is 22.7. The summed E-state index contributed by atoms with van der Waals surface area (Å²) in [6.07, 6.45) is 1.61. The molecule has 5 heteroatoms. The molecule has 0 saturated heterocycles. The summed E-state index contributed by atoms with van der Waals surface area (Å²) in [5, 5.41) is 18.6. The first-order valence-corrected chi connectivity index (χ1v) is 7.99. The third kappa shape index (κ3) is 5.37. The zero-order chi connectivity index (χ0) is 16.9. The summed E-state index contributed by atoms with van der Waals surface area (Å²) in [5.41, 5.74) is 1.68. The van der Waals surface area contributed by atoms with Crippen molar-refractivity contribution in [2.24, 2.45) is 5.92 Å². The molecule has 0 aliphatic heterocycles. The molecule has 1 unspecified atom stereocenters. The number of hydrogen-bond acceptors (Lipinski definition) is 3. The standard InChI is InChI=1S/C17H24O4S/c1-17(2,3)14-9-11(8-13(10-14)16(20)21)7-12(15(18)19)5-4-6-22/h8-10,12,22H,4-7H2,1-3H3,(H,18,19)(H,20,21). The van der Waals surface area contributed by atoms with Crippen molar-refractivity contribution >= 4 is 24.6 Å². The Balaban J connectivity index is 3.14. The first kappa shape index (κ1) is 18.6. The third-order valence-electron chi connectivity index (χ3n) is 3.65. The summed E-state index contributed by atoms with van der Waals surface area (Å²) in [6.45, 7) is 6.02. The van der Waals surface area contributed by atoms with Crippen molar-refractivity contribution in [1.29, 1.82) is 0 Å². The molecule has 0 amide bonds. The van der Waals surface area contributed by atoms with E-state index in [2.05, 4.69) is 12.6 Å². The highest BCUT2D eigenvalue weighted by atomic mass is 32.1. The van der Waals surface area contributed by atoms with Crippen LogP contribution in [0.4, 0.5) is 0 Å². The van der Waals surface area contributed by atoms with Gasteiger partial charge in [-0.3, -0.25) is 4.79 Å². The van der Waals surface area contributed by atoms with Gasteiger partial charge in [-0.2, -0.15) is 12.6 Å². The van der Waals surface area contributed by atoms with Gasteiger partial charge in [0.05, 0.1) is 11.5 Å². The fourth-order valence-electron chi connectivity index (χ4n) is 2.30. The minimum absolute atomic E-state index is 0.190. The molecule has 22 heavy (non-hydrogen) atoms. The van der Waals surface area contributed by atoms with E-state index in [0.717, 1.165) is 17.5 Å². The Kier molecular flexibility index (Phi) is 6.48. The van der Waals surface area contributed by atoms with E-state index in [4.69, 9.17) is 0 Å². The van der Waals surface area contributed by atoms with Gasteiger partial charge in [0, 0.05) is 0 Å². The van der Waals surface area contributed by atoms with Gasteiger partial charge in [-0.25, -0.2) is 4.79 Å². The smallest absolute Gasteiger partial charge is 0.335 e. The Bertz CT molecular complexity index is 546. The van der Waals surface area contributed by atoms with E-state index in [9.17, 15) is 19.8 Å². The number of rotatable bonds is 7. The molecular formula is C17H24O4S. The fourth-order valence-corrected chi connectivity index (χ4v) is 2.48. The van der Waals surface area contributed by atoms with Gasteiger partial charge in [0.2, 0.25) is 0 Å². The molecule has 0 spiro atoms. The predicted octanol–water partition coefficient (Wildman–Crippen LogP) is 3.64. The first-order chi connectivity index (χ1) is 10.1. The summed E-state index contributed by atoms with van der Waals surface area (Å²) < 4.78 is 0. The van der Waals surface area contributed by atoms with Crippen LogP contribution in [0.1, 0.15) is 55.1 Å². The van der Waals surface area contributed by atoms with Gasteiger partial charge in [-0.05, 0) is 53.7 Å². The Hall–Kier alpha value is -1.49. The van der Waals surface area contributed by atoms with Gasteiger partial charge in [0.1, 0.15) is 0 Å². The minimum Gasteiger partial charge on any atom is -0.481 e. The molecule has 0 aromatic heterocycles. The van der Waals surface area contributed by atoms with Crippen molar-refractivity contribution in [3.63, 3.8) is 0 Å². The second-order valence-electron chi connectivity index (χ2n) is 6.58. The SMILES string of the molecule is CC(C)(C)c1cc(CC(CCCS)C(=O)O)cc(C(=O)O)c1. The highest BCUT2D eigenvalue weighted by Gasteiger charge is 2.21. The van der Waals surface area contributed by atoms with Gasteiger partial charge >= 0.3 is 11.9 Å². The van der Waals surface area contributed by atoms with Crippen molar-refractivity contribution in [2.75, 3.05) is 5.75 Å². The van der Waals surface area contributed by atoms with Crippen molar-refractivity contribution in [2.45, 2.75) is 45.4 Å². The number of thiol groups is 1. The monoisotopic (exact) mass is 324 g/mol. The van der Waals surface area contributed by atoms with Crippen LogP contribution in [0.3, 0.4) is 0 Å². The molecule has 1 atom stereocenters. The summed E-state index contributed by atoms with van der Waals surface area (Å²) >= 11 is 4.12. The number of aliphatic carboxylic acids is 1. The van der Waals surface area contributed by atoms with Gasteiger partial charge in [0.15, 0.2) is 0 Å². The second-order valence-corrected chi connectivity index (χ2v) is 7.03. The number of carboxylic acid groups (broad SMARTS) is 2. The first-order valence-electron chi connectivity index (χ1n) is 7.36. The number of aromatic carboxylic acids is 1. The van der Waals surface area contributed by atoms with Gasteiger partial charge in [-0.1, -0.05) is 26.8 Å². The van der Waals surface area contributed by atoms with Gasteiger partial charge in [0.25, 0.3) is 0 Å². The van der Waals surface area contributed by atoms with Crippen LogP contribution in [0.15, 0.2) is 18.2 Å². The van der Waals surface area contributed by atoms with E-state index in [0.29, 0.717) is 18.6 Å². The van der Waals surface area contributed by atoms with Crippen molar-refractivity contribution < 1.29 is 19.8 Å². The van der Waals surface area contributed by atoms with Crippen LogP contribution in [0.25, 0.3) is 0 Å². The van der Waals surface area contributed by atoms with E-state index in [1.54, 1.807) is 12.1 Å². The normalized spacial score (nSPS) is 12.9. The Morgan fingerprint density at radius 2 is 1.82 bits per heavy atom. The molecule has 0 aliphatic carbocycles. The van der Waals surface area contributed by atoms with Crippen LogP contribution in [0.2, 0.25) is 0 Å². The van der Waals surface area contributed by atoms with E-state index in [1.807, 2.05) is 26.8 Å². The minimum atomic E-state index is -0.991. The zero-order valence-electron chi connectivity index (χ0n) is 13.3. The fraction of sp³-hybridized carbons (Fsp3) is 0.529.